The highest BCUT2D eigenvalue weighted by Crippen LogP contribution is 2.35. The number of allylic oxidation sites excluding steroid dienone is 3. The van der Waals surface area contributed by atoms with Gasteiger partial charge in [-0.2, -0.15) is 5.26 Å². The van der Waals surface area contributed by atoms with Gasteiger partial charge in [-0.15, -0.1) is 0 Å². The molecule has 3 heteroatoms. The van der Waals surface area contributed by atoms with Crippen LogP contribution in [0.15, 0.2) is 42.5 Å². The average Bonchev–Trinajstić information content (AvgIpc) is 2.55. The van der Waals surface area contributed by atoms with Crippen molar-refractivity contribution >= 4 is 11.5 Å². The second-order valence-electron chi connectivity index (χ2n) is 5.71. The second kappa shape index (κ2) is 7.61. The Morgan fingerprint density at radius 2 is 1.86 bits per heavy atom. The van der Waals surface area contributed by atoms with Gasteiger partial charge in [0.25, 0.3) is 0 Å². The fourth-order valence-electron chi connectivity index (χ4n) is 2.97. The molecular weight excluding hydrogens is 274 g/mol. The van der Waals surface area contributed by atoms with Crippen LogP contribution in [-0.2, 0) is 4.79 Å². The topological polar surface area (TPSA) is 61.1 Å². The van der Waals surface area contributed by atoms with E-state index in [2.05, 4.69) is 6.07 Å². The number of hydrogen-bond acceptors (Lipinski definition) is 2. The van der Waals surface area contributed by atoms with E-state index in [9.17, 15) is 9.90 Å². The normalized spacial score (nSPS) is 22.5. The zero-order chi connectivity index (χ0) is 15.9. The van der Waals surface area contributed by atoms with Gasteiger partial charge >= 0.3 is 5.97 Å². The number of nitriles is 1. The maximum absolute atomic E-state index is 11.3. The number of rotatable bonds is 4. The lowest BCUT2D eigenvalue weighted by atomic mass is 9.79. The van der Waals surface area contributed by atoms with Crippen molar-refractivity contribution in [3.63, 3.8) is 0 Å². The molecule has 0 bridgehead atoms. The first kappa shape index (κ1) is 16.0. The van der Waals surface area contributed by atoms with Crippen LogP contribution in [0.25, 0.3) is 5.57 Å². The summed E-state index contributed by atoms with van der Waals surface area (Å²) in [7, 11) is 0. The minimum atomic E-state index is -0.916. The van der Waals surface area contributed by atoms with Gasteiger partial charge in [-0.3, -0.25) is 0 Å². The number of aliphatic carboxylic acids is 1. The van der Waals surface area contributed by atoms with Gasteiger partial charge in [-0.25, -0.2) is 4.79 Å². The van der Waals surface area contributed by atoms with Crippen LogP contribution in [0.3, 0.4) is 0 Å². The Morgan fingerprint density at radius 3 is 2.36 bits per heavy atom. The molecule has 0 saturated heterocycles. The Labute approximate surface area is 131 Å². The van der Waals surface area contributed by atoms with Crippen LogP contribution in [-0.4, -0.2) is 11.1 Å². The average molecular weight is 295 g/mol. The number of carbonyl (C=O) groups is 1. The van der Waals surface area contributed by atoms with Crippen LogP contribution < -0.4 is 0 Å². The molecule has 22 heavy (non-hydrogen) atoms. The van der Waals surface area contributed by atoms with E-state index in [1.54, 1.807) is 12.2 Å². The molecule has 1 aliphatic rings. The minimum Gasteiger partial charge on any atom is -0.478 e. The largest absolute Gasteiger partial charge is 0.478 e. The monoisotopic (exact) mass is 295 g/mol. The second-order valence-corrected chi connectivity index (χ2v) is 5.71. The van der Waals surface area contributed by atoms with E-state index in [-0.39, 0.29) is 5.92 Å². The van der Waals surface area contributed by atoms with Gasteiger partial charge in [0.15, 0.2) is 0 Å². The van der Waals surface area contributed by atoms with Crippen molar-refractivity contribution < 1.29 is 9.90 Å². The number of benzene rings is 1. The highest BCUT2D eigenvalue weighted by molar-refractivity contribution is 6.15. The maximum atomic E-state index is 11.3. The van der Waals surface area contributed by atoms with Crippen LogP contribution in [0.1, 0.15) is 49.7 Å². The summed E-state index contributed by atoms with van der Waals surface area (Å²) in [5.74, 6) is -0.218. The lowest BCUT2D eigenvalue weighted by Crippen LogP contribution is -2.12. The Kier molecular flexibility index (Phi) is 5.55. The van der Waals surface area contributed by atoms with Gasteiger partial charge in [-0.1, -0.05) is 36.4 Å². The van der Waals surface area contributed by atoms with Crippen LogP contribution in [0.4, 0.5) is 0 Å². The first-order chi connectivity index (χ1) is 10.7. The lowest BCUT2D eigenvalue weighted by molar-refractivity contribution is -0.130. The van der Waals surface area contributed by atoms with Gasteiger partial charge in [0.1, 0.15) is 0 Å². The number of carboxylic acid groups (broad SMARTS) is 1. The van der Waals surface area contributed by atoms with E-state index in [4.69, 9.17) is 5.26 Å². The smallest absolute Gasteiger partial charge is 0.336 e. The summed E-state index contributed by atoms with van der Waals surface area (Å²) in [5, 5.41) is 18.2. The van der Waals surface area contributed by atoms with Gasteiger partial charge in [0, 0.05) is 5.92 Å². The molecular formula is C19H21NO2. The van der Waals surface area contributed by atoms with Gasteiger partial charge < -0.3 is 5.11 Å². The zero-order valence-corrected chi connectivity index (χ0v) is 12.8. The van der Waals surface area contributed by atoms with Crippen molar-refractivity contribution in [2.75, 3.05) is 0 Å². The predicted molar refractivity (Wildman–Crippen MR) is 87.2 cm³/mol. The molecule has 1 fully saturated rings. The van der Waals surface area contributed by atoms with Crippen LogP contribution in [0.5, 0.6) is 0 Å². The third kappa shape index (κ3) is 3.85. The van der Waals surface area contributed by atoms with E-state index < -0.39 is 5.97 Å². The summed E-state index contributed by atoms with van der Waals surface area (Å²) < 4.78 is 0. The molecule has 0 heterocycles. The van der Waals surface area contributed by atoms with Crippen LogP contribution in [0.2, 0.25) is 0 Å². The van der Waals surface area contributed by atoms with Crippen molar-refractivity contribution in [3.8, 4) is 6.07 Å². The summed E-state index contributed by atoms with van der Waals surface area (Å²) in [6.07, 6.45) is 9.17. The molecule has 0 unspecified atom stereocenters. The molecule has 1 aliphatic carbocycles. The van der Waals surface area contributed by atoms with Crippen LogP contribution >= 0.6 is 0 Å². The summed E-state index contributed by atoms with van der Waals surface area (Å²) in [6, 6.07) is 10.2. The minimum absolute atomic E-state index is 0.206. The molecule has 0 radical (unpaired) electrons. The third-order valence-electron chi connectivity index (χ3n) is 4.29. The van der Waals surface area contributed by atoms with E-state index in [1.165, 1.54) is 5.56 Å². The standard InChI is InChI=1S/C19H21NO2/c1-2-3-4-18(19(21)22)17-11-9-16(10-12-17)15-7-5-14(13-20)6-8-15/h2-4,9-12,14-15H,5-8H2,1H3,(H,21,22). The van der Waals surface area contributed by atoms with Crippen molar-refractivity contribution in [2.45, 2.75) is 38.5 Å². The molecule has 3 nitrogen and oxygen atoms in total. The van der Waals surface area contributed by atoms with Gasteiger partial charge in [0.05, 0.1) is 11.6 Å². The van der Waals surface area contributed by atoms with E-state index in [1.807, 2.05) is 37.3 Å². The summed E-state index contributed by atoms with van der Waals surface area (Å²) in [6.45, 7) is 1.86. The first-order valence-electron chi connectivity index (χ1n) is 7.72. The third-order valence-corrected chi connectivity index (χ3v) is 4.29. The molecule has 0 amide bonds. The Balaban J connectivity index is 2.13. The molecule has 114 valence electrons. The highest BCUT2D eigenvalue weighted by atomic mass is 16.4. The summed E-state index contributed by atoms with van der Waals surface area (Å²) in [4.78, 5) is 11.3. The molecule has 1 N–H and O–H groups in total. The predicted octanol–water partition coefficient (Wildman–Crippen LogP) is 4.53. The number of hydrogen-bond donors (Lipinski definition) is 1. The van der Waals surface area contributed by atoms with E-state index >= 15 is 0 Å². The molecule has 0 aliphatic heterocycles. The van der Waals surface area contributed by atoms with Crippen molar-refractivity contribution in [2.24, 2.45) is 5.92 Å². The Morgan fingerprint density at radius 1 is 1.23 bits per heavy atom. The molecule has 2 rings (SSSR count). The lowest BCUT2D eigenvalue weighted by Gasteiger charge is -2.25. The maximum Gasteiger partial charge on any atom is 0.336 e. The van der Waals surface area contributed by atoms with Gasteiger partial charge in [-0.05, 0) is 55.7 Å². The van der Waals surface area contributed by atoms with Crippen LogP contribution in [0, 0.1) is 17.2 Å². The van der Waals surface area contributed by atoms with Crippen molar-refractivity contribution in [3.05, 3.63) is 53.6 Å². The fourth-order valence-corrected chi connectivity index (χ4v) is 2.97. The molecule has 1 saturated carbocycles. The summed E-state index contributed by atoms with van der Waals surface area (Å²) in [5.41, 5.74) is 2.27. The number of nitrogens with zero attached hydrogens (tertiary/aromatic N) is 1. The quantitative estimate of drug-likeness (QED) is 0.656. The molecule has 1 aromatic rings. The zero-order valence-electron chi connectivity index (χ0n) is 12.8. The Hall–Kier alpha value is -2.34. The summed E-state index contributed by atoms with van der Waals surface area (Å²) >= 11 is 0. The highest BCUT2D eigenvalue weighted by Gasteiger charge is 2.22. The molecule has 1 aromatic carbocycles. The van der Waals surface area contributed by atoms with E-state index in [0.717, 1.165) is 31.2 Å². The van der Waals surface area contributed by atoms with Crippen molar-refractivity contribution in [1.82, 2.24) is 0 Å². The van der Waals surface area contributed by atoms with Gasteiger partial charge in [0.2, 0.25) is 0 Å². The number of carboxylic acids is 1. The molecule has 0 spiro atoms. The fraction of sp³-hybridized carbons (Fsp3) is 0.368. The molecule has 0 atom stereocenters. The molecule has 0 aromatic heterocycles. The Bertz CT molecular complexity index is 612. The van der Waals surface area contributed by atoms with Crippen molar-refractivity contribution in [1.29, 1.82) is 5.26 Å². The van der Waals surface area contributed by atoms with E-state index in [0.29, 0.717) is 11.5 Å². The SMILES string of the molecule is CC=CC=C(C(=O)O)c1ccc(C2CCC(C#N)CC2)cc1. The first-order valence-corrected chi connectivity index (χ1v) is 7.72.